The zero-order valence-electron chi connectivity index (χ0n) is 8.93. The van der Waals surface area contributed by atoms with Gasteiger partial charge in [0.1, 0.15) is 0 Å². The van der Waals surface area contributed by atoms with E-state index in [0.717, 1.165) is 23.8 Å². The SMILES string of the molecule is CCC1CCC(NC)C1C(C)C. The van der Waals surface area contributed by atoms with E-state index in [4.69, 9.17) is 0 Å². The van der Waals surface area contributed by atoms with Crippen LogP contribution in [0.4, 0.5) is 0 Å². The zero-order valence-corrected chi connectivity index (χ0v) is 8.93. The molecule has 1 saturated carbocycles. The highest BCUT2D eigenvalue weighted by Crippen LogP contribution is 2.38. The van der Waals surface area contributed by atoms with Gasteiger partial charge in [0, 0.05) is 6.04 Å². The minimum Gasteiger partial charge on any atom is -0.317 e. The Kier molecular flexibility index (Phi) is 3.57. The van der Waals surface area contributed by atoms with Crippen molar-refractivity contribution in [3.05, 3.63) is 0 Å². The van der Waals surface area contributed by atoms with Crippen molar-refractivity contribution in [1.29, 1.82) is 0 Å². The van der Waals surface area contributed by atoms with Gasteiger partial charge in [-0.3, -0.25) is 0 Å². The predicted molar refractivity (Wildman–Crippen MR) is 54.2 cm³/mol. The van der Waals surface area contributed by atoms with E-state index in [1.54, 1.807) is 0 Å². The first-order chi connectivity index (χ1) is 5.70. The molecular formula is C11H23N. The van der Waals surface area contributed by atoms with Crippen LogP contribution in [0.15, 0.2) is 0 Å². The fraction of sp³-hybridized carbons (Fsp3) is 1.00. The molecule has 0 bridgehead atoms. The molecule has 0 aromatic heterocycles. The third-order valence-electron chi connectivity index (χ3n) is 3.52. The summed E-state index contributed by atoms with van der Waals surface area (Å²) >= 11 is 0. The third-order valence-corrected chi connectivity index (χ3v) is 3.52. The largest absolute Gasteiger partial charge is 0.317 e. The first-order valence-electron chi connectivity index (χ1n) is 5.38. The molecule has 0 heterocycles. The van der Waals surface area contributed by atoms with Gasteiger partial charge >= 0.3 is 0 Å². The van der Waals surface area contributed by atoms with Gasteiger partial charge in [-0.1, -0.05) is 27.2 Å². The molecule has 1 aliphatic rings. The summed E-state index contributed by atoms with van der Waals surface area (Å²) in [4.78, 5) is 0. The molecule has 72 valence electrons. The number of hydrogen-bond donors (Lipinski definition) is 1. The van der Waals surface area contributed by atoms with E-state index in [1.807, 2.05) is 0 Å². The Balaban J connectivity index is 2.59. The third kappa shape index (κ3) is 1.82. The molecule has 0 aromatic carbocycles. The highest BCUT2D eigenvalue weighted by molar-refractivity contribution is 4.89. The molecule has 1 N–H and O–H groups in total. The van der Waals surface area contributed by atoms with Crippen molar-refractivity contribution in [2.45, 2.75) is 46.1 Å². The molecule has 12 heavy (non-hydrogen) atoms. The van der Waals surface area contributed by atoms with Crippen molar-refractivity contribution in [3.8, 4) is 0 Å². The normalized spacial score (nSPS) is 36.2. The average Bonchev–Trinajstić information content (AvgIpc) is 2.46. The summed E-state index contributed by atoms with van der Waals surface area (Å²) in [6.07, 6.45) is 4.18. The quantitative estimate of drug-likeness (QED) is 0.685. The van der Waals surface area contributed by atoms with Gasteiger partial charge in [-0.25, -0.2) is 0 Å². The van der Waals surface area contributed by atoms with E-state index in [9.17, 15) is 0 Å². The Morgan fingerprint density at radius 2 is 2.00 bits per heavy atom. The smallest absolute Gasteiger partial charge is 0.00975 e. The number of rotatable bonds is 3. The van der Waals surface area contributed by atoms with Crippen LogP contribution in [0, 0.1) is 17.8 Å². The lowest BCUT2D eigenvalue weighted by atomic mass is 9.82. The van der Waals surface area contributed by atoms with Crippen LogP contribution in [0.3, 0.4) is 0 Å². The minimum absolute atomic E-state index is 0.787. The van der Waals surface area contributed by atoms with Gasteiger partial charge in [-0.2, -0.15) is 0 Å². The van der Waals surface area contributed by atoms with E-state index in [-0.39, 0.29) is 0 Å². The second kappa shape index (κ2) is 4.27. The van der Waals surface area contributed by atoms with Crippen LogP contribution in [0.2, 0.25) is 0 Å². The topological polar surface area (TPSA) is 12.0 Å². The summed E-state index contributed by atoms with van der Waals surface area (Å²) in [5.74, 6) is 2.73. The Morgan fingerprint density at radius 1 is 1.33 bits per heavy atom. The number of nitrogens with one attached hydrogen (secondary N) is 1. The summed E-state index contributed by atoms with van der Waals surface area (Å²) in [5, 5.41) is 3.46. The lowest BCUT2D eigenvalue weighted by Crippen LogP contribution is -2.34. The highest BCUT2D eigenvalue weighted by Gasteiger charge is 2.35. The van der Waals surface area contributed by atoms with E-state index in [2.05, 4.69) is 33.1 Å². The molecule has 3 unspecified atom stereocenters. The maximum Gasteiger partial charge on any atom is 0.00975 e. The molecular weight excluding hydrogens is 146 g/mol. The van der Waals surface area contributed by atoms with Crippen LogP contribution in [0.5, 0.6) is 0 Å². The lowest BCUT2D eigenvalue weighted by Gasteiger charge is -2.27. The monoisotopic (exact) mass is 169 g/mol. The summed E-state index contributed by atoms with van der Waals surface area (Å²) in [7, 11) is 2.11. The predicted octanol–water partition coefficient (Wildman–Crippen LogP) is 2.67. The molecule has 0 saturated heterocycles. The van der Waals surface area contributed by atoms with Crippen molar-refractivity contribution in [2.24, 2.45) is 17.8 Å². The van der Waals surface area contributed by atoms with Crippen molar-refractivity contribution < 1.29 is 0 Å². The maximum absolute atomic E-state index is 3.46. The Labute approximate surface area is 76.9 Å². The van der Waals surface area contributed by atoms with Crippen LogP contribution in [-0.4, -0.2) is 13.1 Å². The van der Waals surface area contributed by atoms with Gasteiger partial charge in [-0.05, 0) is 37.6 Å². The maximum atomic E-state index is 3.46. The van der Waals surface area contributed by atoms with Gasteiger partial charge in [0.15, 0.2) is 0 Å². The van der Waals surface area contributed by atoms with Gasteiger partial charge in [0.2, 0.25) is 0 Å². The average molecular weight is 169 g/mol. The Hall–Kier alpha value is -0.0400. The van der Waals surface area contributed by atoms with Crippen molar-refractivity contribution in [2.75, 3.05) is 7.05 Å². The summed E-state index contributed by atoms with van der Waals surface area (Å²) in [6.45, 7) is 7.06. The molecule has 0 amide bonds. The van der Waals surface area contributed by atoms with Gasteiger partial charge in [0.05, 0.1) is 0 Å². The first-order valence-corrected chi connectivity index (χ1v) is 5.38. The fourth-order valence-corrected chi connectivity index (χ4v) is 2.93. The zero-order chi connectivity index (χ0) is 9.14. The highest BCUT2D eigenvalue weighted by atomic mass is 14.9. The van der Waals surface area contributed by atoms with Crippen LogP contribution in [0.1, 0.15) is 40.0 Å². The van der Waals surface area contributed by atoms with Crippen LogP contribution in [-0.2, 0) is 0 Å². The molecule has 0 aliphatic heterocycles. The molecule has 0 spiro atoms. The Bertz CT molecular complexity index is 119. The second-order valence-electron chi connectivity index (χ2n) is 4.46. The lowest BCUT2D eigenvalue weighted by molar-refractivity contribution is 0.249. The number of hydrogen-bond acceptors (Lipinski definition) is 1. The van der Waals surface area contributed by atoms with Gasteiger partial charge in [-0.15, -0.1) is 0 Å². The van der Waals surface area contributed by atoms with Crippen LogP contribution >= 0.6 is 0 Å². The standard InChI is InChI=1S/C11H23N/c1-5-9-6-7-10(12-4)11(9)8(2)3/h8-12H,5-7H2,1-4H3. The fourth-order valence-electron chi connectivity index (χ4n) is 2.93. The van der Waals surface area contributed by atoms with Crippen LogP contribution < -0.4 is 5.32 Å². The molecule has 0 radical (unpaired) electrons. The van der Waals surface area contributed by atoms with Gasteiger partial charge in [0.25, 0.3) is 0 Å². The van der Waals surface area contributed by atoms with Crippen molar-refractivity contribution >= 4 is 0 Å². The molecule has 1 rings (SSSR count). The second-order valence-corrected chi connectivity index (χ2v) is 4.46. The van der Waals surface area contributed by atoms with Crippen molar-refractivity contribution in [1.82, 2.24) is 5.32 Å². The van der Waals surface area contributed by atoms with E-state index in [1.165, 1.54) is 19.3 Å². The minimum atomic E-state index is 0.787. The molecule has 1 nitrogen and oxygen atoms in total. The first kappa shape index (κ1) is 10.0. The molecule has 1 heteroatoms. The Morgan fingerprint density at radius 3 is 2.42 bits per heavy atom. The molecule has 0 aromatic rings. The van der Waals surface area contributed by atoms with E-state index in [0.29, 0.717) is 0 Å². The van der Waals surface area contributed by atoms with Crippen molar-refractivity contribution in [3.63, 3.8) is 0 Å². The van der Waals surface area contributed by atoms with E-state index >= 15 is 0 Å². The van der Waals surface area contributed by atoms with Gasteiger partial charge < -0.3 is 5.32 Å². The molecule has 1 fully saturated rings. The van der Waals surface area contributed by atoms with Crippen LogP contribution in [0.25, 0.3) is 0 Å². The molecule has 3 atom stereocenters. The molecule has 1 aliphatic carbocycles. The van der Waals surface area contributed by atoms with E-state index < -0.39 is 0 Å². The summed E-state index contributed by atoms with van der Waals surface area (Å²) in [6, 6.07) is 0.787. The summed E-state index contributed by atoms with van der Waals surface area (Å²) < 4.78 is 0. The summed E-state index contributed by atoms with van der Waals surface area (Å²) in [5.41, 5.74) is 0.